The van der Waals surface area contributed by atoms with Crippen molar-refractivity contribution in [1.82, 2.24) is 10.2 Å². The van der Waals surface area contributed by atoms with E-state index in [1.807, 2.05) is 0 Å². The molecule has 1 aromatic carbocycles. The fraction of sp³-hybridized carbons (Fsp3) is 0.500. The van der Waals surface area contributed by atoms with Gasteiger partial charge in [0.15, 0.2) is 0 Å². The number of likely N-dealkylation sites (tertiary alicyclic amines) is 1. The molecular weight excluding hydrogens is 322 g/mol. The number of amides is 3. The van der Waals surface area contributed by atoms with Crippen molar-refractivity contribution in [2.75, 3.05) is 24.5 Å². The molecule has 1 saturated carbocycles. The molecule has 0 radical (unpaired) electrons. The van der Waals surface area contributed by atoms with Gasteiger partial charge in [0.2, 0.25) is 0 Å². The number of benzene rings is 1. The lowest BCUT2D eigenvalue weighted by atomic mass is 9.94. The first-order valence-corrected chi connectivity index (χ1v) is 8.75. The third-order valence-electron chi connectivity index (χ3n) is 5.69. The SMILES string of the molecule is O=C(O)C1C2CCCC2CN1C(=O)c1ccc(N2CCNC2=O)cc1. The van der Waals surface area contributed by atoms with Gasteiger partial charge in [0.1, 0.15) is 6.04 Å². The minimum Gasteiger partial charge on any atom is -0.480 e. The molecule has 132 valence electrons. The van der Waals surface area contributed by atoms with Crippen molar-refractivity contribution >= 4 is 23.6 Å². The quantitative estimate of drug-likeness (QED) is 0.871. The number of carbonyl (C=O) groups is 3. The Labute approximate surface area is 145 Å². The van der Waals surface area contributed by atoms with Crippen LogP contribution in [0, 0.1) is 11.8 Å². The number of hydrogen-bond donors (Lipinski definition) is 2. The molecule has 1 aromatic rings. The second-order valence-electron chi connectivity index (χ2n) is 7.03. The summed E-state index contributed by atoms with van der Waals surface area (Å²) in [4.78, 5) is 39.4. The lowest BCUT2D eigenvalue weighted by molar-refractivity contribution is -0.142. The minimum atomic E-state index is -0.909. The van der Waals surface area contributed by atoms with Gasteiger partial charge in [-0.05, 0) is 48.9 Å². The molecule has 4 rings (SSSR count). The number of urea groups is 1. The Morgan fingerprint density at radius 1 is 1.16 bits per heavy atom. The Hall–Kier alpha value is -2.57. The summed E-state index contributed by atoms with van der Waals surface area (Å²) in [6, 6.07) is 5.98. The van der Waals surface area contributed by atoms with Gasteiger partial charge in [0, 0.05) is 30.9 Å². The zero-order valence-corrected chi connectivity index (χ0v) is 13.9. The van der Waals surface area contributed by atoms with E-state index in [0.29, 0.717) is 31.1 Å². The molecule has 3 aliphatic rings. The number of nitrogens with zero attached hydrogens (tertiary/aromatic N) is 2. The zero-order chi connectivity index (χ0) is 17.6. The highest BCUT2D eigenvalue weighted by Crippen LogP contribution is 2.42. The molecule has 25 heavy (non-hydrogen) atoms. The highest BCUT2D eigenvalue weighted by Gasteiger charge is 2.49. The number of carboxylic acids is 1. The van der Waals surface area contributed by atoms with E-state index >= 15 is 0 Å². The zero-order valence-electron chi connectivity index (χ0n) is 13.9. The third-order valence-corrected chi connectivity index (χ3v) is 5.69. The molecule has 0 bridgehead atoms. The molecule has 3 fully saturated rings. The molecule has 7 nitrogen and oxygen atoms in total. The van der Waals surface area contributed by atoms with Gasteiger partial charge in [-0.1, -0.05) is 6.42 Å². The van der Waals surface area contributed by atoms with Crippen molar-refractivity contribution < 1.29 is 19.5 Å². The second kappa shape index (κ2) is 6.06. The maximum atomic E-state index is 12.9. The molecule has 3 atom stereocenters. The van der Waals surface area contributed by atoms with Crippen LogP contribution in [0.5, 0.6) is 0 Å². The van der Waals surface area contributed by atoms with E-state index in [1.165, 1.54) is 4.90 Å². The van der Waals surface area contributed by atoms with Crippen LogP contribution in [0.25, 0.3) is 0 Å². The molecule has 2 saturated heterocycles. The Balaban J connectivity index is 1.54. The van der Waals surface area contributed by atoms with Crippen molar-refractivity contribution in [3.05, 3.63) is 29.8 Å². The Morgan fingerprint density at radius 2 is 1.92 bits per heavy atom. The number of carbonyl (C=O) groups excluding carboxylic acids is 2. The number of carboxylic acid groups (broad SMARTS) is 1. The summed E-state index contributed by atoms with van der Waals surface area (Å²) in [5.74, 6) is -0.765. The highest BCUT2D eigenvalue weighted by molar-refractivity contribution is 5.98. The normalized spacial score (nSPS) is 28.2. The Morgan fingerprint density at radius 3 is 2.56 bits per heavy atom. The van der Waals surface area contributed by atoms with E-state index in [1.54, 1.807) is 29.2 Å². The van der Waals surface area contributed by atoms with Crippen LogP contribution >= 0.6 is 0 Å². The number of hydrogen-bond acceptors (Lipinski definition) is 3. The molecular formula is C18H21N3O4. The lowest BCUT2D eigenvalue weighted by Gasteiger charge is -2.24. The number of nitrogens with one attached hydrogen (secondary N) is 1. The summed E-state index contributed by atoms with van der Waals surface area (Å²) < 4.78 is 0. The predicted molar refractivity (Wildman–Crippen MR) is 90.5 cm³/mol. The molecule has 3 unspecified atom stereocenters. The fourth-order valence-corrected chi connectivity index (χ4v) is 4.50. The molecule has 2 aliphatic heterocycles. The molecule has 2 heterocycles. The van der Waals surface area contributed by atoms with E-state index in [9.17, 15) is 19.5 Å². The average Bonchev–Trinajstić information content (AvgIpc) is 3.29. The third kappa shape index (κ3) is 2.63. The number of fused-ring (bicyclic) bond motifs is 1. The van der Waals surface area contributed by atoms with Crippen molar-refractivity contribution in [2.45, 2.75) is 25.3 Å². The summed E-state index contributed by atoms with van der Waals surface area (Å²) in [5.41, 5.74) is 1.20. The molecule has 0 aromatic heterocycles. The molecule has 7 heteroatoms. The van der Waals surface area contributed by atoms with Crippen LogP contribution in [-0.2, 0) is 4.79 Å². The summed E-state index contributed by atoms with van der Waals surface area (Å²) in [6.45, 7) is 1.73. The number of aliphatic carboxylic acids is 1. The first-order valence-electron chi connectivity index (χ1n) is 8.75. The largest absolute Gasteiger partial charge is 0.480 e. The van der Waals surface area contributed by atoms with Crippen LogP contribution in [0.3, 0.4) is 0 Å². The van der Waals surface area contributed by atoms with E-state index in [2.05, 4.69) is 5.32 Å². The van der Waals surface area contributed by atoms with Crippen LogP contribution in [0.1, 0.15) is 29.6 Å². The van der Waals surface area contributed by atoms with E-state index < -0.39 is 12.0 Å². The Bertz CT molecular complexity index is 718. The van der Waals surface area contributed by atoms with E-state index in [-0.39, 0.29) is 17.9 Å². The lowest BCUT2D eigenvalue weighted by Crippen LogP contribution is -2.43. The number of rotatable bonds is 3. The second-order valence-corrected chi connectivity index (χ2v) is 7.03. The first-order chi connectivity index (χ1) is 12.1. The van der Waals surface area contributed by atoms with Crippen LogP contribution < -0.4 is 10.2 Å². The van der Waals surface area contributed by atoms with Gasteiger partial charge in [-0.25, -0.2) is 9.59 Å². The van der Waals surface area contributed by atoms with Crippen LogP contribution in [-0.4, -0.2) is 53.6 Å². The van der Waals surface area contributed by atoms with Gasteiger partial charge in [0.25, 0.3) is 5.91 Å². The maximum absolute atomic E-state index is 12.9. The van der Waals surface area contributed by atoms with Crippen LogP contribution in [0.2, 0.25) is 0 Å². The molecule has 2 N–H and O–H groups in total. The summed E-state index contributed by atoms with van der Waals surface area (Å²) >= 11 is 0. The summed E-state index contributed by atoms with van der Waals surface area (Å²) in [6.07, 6.45) is 2.93. The number of anilines is 1. The van der Waals surface area contributed by atoms with Gasteiger partial charge >= 0.3 is 12.0 Å². The van der Waals surface area contributed by atoms with Crippen molar-refractivity contribution in [2.24, 2.45) is 11.8 Å². The van der Waals surface area contributed by atoms with E-state index in [0.717, 1.165) is 24.9 Å². The van der Waals surface area contributed by atoms with Gasteiger partial charge < -0.3 is 15.3 Å². The topological polar surface area (TPSA) is 89.9 Å². The first kappa shape index (κ1) is 15.9. The molecule has 1 aliphatic carbocycles. The van der Waals surface area contributed by atoms with Crippen molar-refractivity contribution in [3.8, 4) is 0 Å². The van der Waals surface area contributed by atoms with Gasteiger partial charge in [-0.2, -0.15) is 0 Å². The smallest absolute Gasteiger partial charge is 0.326 e. The summed E-state index contributed by atoms with van der Waals surface area (Å²) in [7, 11) is 0. The van der Waals surface area contributed by atoms with Crippen LogP contribution in [0.4, 0.5) is 10.5 Å². The predicted octanol–water partition coefficient (Wildman–Crippen LogP) is 1.54. The fourth-order valence-electron chi connectivity index (χ4n) is 4.50. The van der Waals surface area contributed by atoms with Gasteiger partial charge in [-0.15, -0.1) is 0 Å². The summed E-state index contributed by atoms with van der Waals surface area (Å²) in [5, 5.41) is 12.3. The van der Waals surface area contributed by atoms with Gasteiger partial charge in [-0.3, -0.25) is 9.69 Å². The highest BCUT2D eigenvalue weighted by atomic mass is 16.4. The van der Waals surface area contributed by atoms with Crippen LogP contribution in [0.15, 0.2) is 24.3 Å². The average molecular weight is 343 g/mol. The monoisotopic (exact) mass is 343 g/mol. The van der Waals surface area contributed by atoms with Gasteiger partial charge in [0.05, 0.1) is 0 Å². The molecule has 0 spiro atoms. The molecule has 3 amide bonds. The maximum Gasteiger partial charge on any atom is 0.326 e. The van der Waals surface area contributed by atoms with E-state index in [4.69, 9.17) is 0 Å². The van der Waals surface area contributed by atoms with Crippen molar-refractivity contribution in [3.63, 3.8) is 0 Å². The Kier molecular flexibility index (Phi) is 3.86. The standard InChI is InChI=1S/C18H21N3O4/c22-16(21-10-12-2-1-3-14(12)15(21)17(23)24)11-4-6-13(7-5-11)20-9-8-19-18(20)25/h4-7,12,14-15H,1-3,8-10H2,(H,19,25)(H,23,24). The minimum absolute atomic E-state index is 0.0778. The van der Waals surface area contributed by atoms with Crippen molar-refractivity contribution in [1.29, 1.82) is 0 Å².